The minimum absolute atomic E-state index is 0.0754. The fraction of sp³-hybridized carbons (Fsp3) is 0.280. The molecule has 0 unspecified atom stereocenters. The van der Waals surface area contributed by atoms with Gasteiger partial charge in [-0.25, -0.2) is 4.39 Å². The molecule has 0 spiro atoms. The van der Waals surface area contributed by atoms with Gasteiger partial charge >= 0.3 is 0 Å². The molecule has 2 heterocycles. The van der Waals surface area contributed by atoms with Crippen LogP contribution in [0.2, 0.25) is 0 Å². The second-order valence-corrected chi connectivity index (χ2v) is 7.86. The number of methoxy groups -OCH3 is 1. The third-order valence-corrected chi connectivity index (χ3v) is 5.67. The Bertz CT molecular complexity index is 1160. The lowest BCUT2D eigenvalue weighted by molar-refractivity contribution is -0.133. The summed E-state index contributed by atoms with van der Waals surface area (Å²) in [6.45, 7) is 3.65. The van der Waals surface area contributed by atoms with Crippen molar-refractivity contribution in [2.24, 2.45) is 0 Å². The van der Waals surface area contributed by atoms with Gasteiger partial charge in [-0.1, -0.05) is 0 Å². The Balaban J connectivity index is 1.30. The van der Waals surface area contributed by atoms with Gasteiger partial charge < -0.3 is 19.3 Å². The molecule has 9 heteroatoms. The van der Waals surface area contributed by atoms with Crippen LogP contribution in [0.5, 0.6) is 11.5 Å². The molecule has 1 aliphatic heterocycles. The maximum Gasteiger partial charge on any atom is 0.260 e. The molecule has 2 aromatic carbocycles. The van der Waals surface area contributed by atoms with Crippen LogP contribution in [-0.4, -0.2) is 66.7 Å². The van der Waals surface area contributed by atoms with Crippen molar-refractivity contribution in [3.05, 3.63) is 66.0 Å². The Kier molecular flexibility index (Phi) is 7.01. The number of halogens is 1. The summed E-state index contributed by atoms with van der Waals surface area (Å²) in [4.78, 5) is 28.0. The van der Waals surface area contributed by atoms with Crippen LogP contribution in [0.1, 0.15) is 17.3 Å². The molecule has 176 valence electrons. The van der Waals surface area contributed by atoms with Crippen molar-refractivity contribution in [1.82, 2.24) is 15.1 Å². The smallest absolute Gasteiger partial charge is 0.260 e. The average molecular weight is 464 g/mol. The van der Waals surface area contributed by atoms with Crippen LogP contribution in [0.25, 0.3) is 11.3 Å². The zero-order valence-electron chi connectivity index (χ0n) is 19.0. The molecule has 1 saturated heterocycles. The van der Waals surface area contributed by atoms with E-state index >= 15 is 0 Å². The summed E-state index contributed by atoms with van der Waals surface area (Å²) < 4.78 is 24.1. The lowest BCUT2D eigenvalue weighted by Crippen LogP contribution is -2.50. The largest absolute Gasteiger partial charge is 0.493 e. The summed E-state index contributed by atoms with van der Waals surface area (Å²) in [5.41, 5.74) is 1.98. The van der Waals surface area contributed by atoms with Crippen molar-refractivity contribution in [3.8, 4) is 22.8 Å². The first kappa shape index (κ1) is 23.2. The first-order valence-corrected chi connectivity index (χ1v) is 10.9. The summed E-state index contributed by atoms with van der Waals surface area (Å²) >= 11 is 0. The van der Waals surface area contributed by atoms with Crippen LogP contribution in [0.4, 0.5) is 10.2 Å². The van der Waals surface area contributed by atoms with Gasteiger partial charge in [-0.3, -0.25) is 9.59 Å². The summed E-state index contributed by atoms with van der Waals surface area (Å²) in [7, 11) is 1.49. The van der Waals surface area contributed by atoms with Gasteiger partial charge in [-0.15, -0.1) is 10.2 Å². The van der Waals surface area contributed by atoms with Gasteiger partial charge in [0.15, 0.2) is 29.7 Å². The number of aromatic nitrogens is 2. The molecule has 0 aliphatic carbocycles. The minimum atomic E-state index is -0.295. The van der Waals surface area contributed by atoms with E-state index in [0.717, 1.165) is 11.4 Å². The molecular formula is C25H25FN4O4. The van der Waals surface area contributed by atoms with Crippen LogP contribution in [0.3, 0.4) is 0 Å². The fourth-order valence-electron chi connectivity index (χ4n) is 3.69. The highest BCUT2D eigenvalue weighted by Gasteiger charge is 2.23. The van der Waals surface area contributed by atoms with E-state index < -0.39 is 0 Å². The van der Waals surface area contributed by atoms with Crippen LogP contribution < -0.4 is 14.4 Å². The maximum atomic E-state index is 13.1. The van der Waals surface area contributed by atoms with Crippen molar-refractivity contribution >= 4 is 17.5 Å². The van der Waals surface area contributed by atoms with Crippen LogP contribution in [0, 0.1) is 5.82 Å². The number of benzene rings is 2. The summed E-state index contributed by atoms with van der Waals surface area (Å²) in [6.07, 6.45) is 0. The third kappa shape index (κ3) is 5.31. The summed E-state index contributed by atoms with van der Waals surface area (Å²) in [5, 5.41) is 8.56. The molecule has 1 aromatic heterocycles. The minimum Gasteiger partial charge on any atom is -0.493 e. The Morgan fingerprint density at radius 1 is 0.941 bits per heavy atom. The molecule has 1 amide bonds. The van der Waals surface area contributed by atoms with Gasteiger partial charge in [0.2, 0.25) is 0 Å². The number of nitrogens with zero attached hydrogens (tertiary/aromatic N) is 4. The predicted molar refractivity (Wildman–Crippen MR) is 125 cm³/mol. The molecule has 3 aromatic rings. The highest BCUT2D eigenvalue weighted by atomic mass is 19.1. The van der Waals surface area contributed by atoms with E-state index in [2.05, 4.69) is 15.1 Å². The Hall–Kier alpha value is -4.01. The molecule has 1 aliphatic rings. The average Bonchev–Trinajstić information content (AvgIpc) is 2.87. The van der Waals surface area contributed by atoms with Crippen molar-refractivity contribution < 1.29 is 23.5 Å². The lowest BCUT2D eigenvalue weighted by atomic mass is 10.1. The quantitative estimate of drug-likeness (QED) is 0.497. The number of Topliss-reactive ketones (excluding diaryl/α,β-unsaturated/α-hetero) is 1. The van der Waals surface area contributed by atoms with E-state index in [1.54, 1.807) is 35.2 Å². The van der Waals surface area contributed by atoms with E-state index in [1.165, 1.54) is 26.2 Å². The summed E-state index contributed by atoms with van der Waals surface area (Å²) in [6, 6.07) is 14.7. The first-order chi connectivity index (χ1) is 16.4. The first-order valence-electron chi connectivity index (χ1n) is 10.9. The topological polar surface area (TPSA) is 84.9 Å². The molecule has 8 nitrogen and oxygen atoms in total. The zero-order valence-corrected chi connectivity index (χ0v) is 19.0. The number of hydrogen-bond donors (Lipinski definition) is 0. The van der Waals surface area contributed by atoms with Gasteiger partial charge in [-0.2, -0.15) is 0 Å². The number of carbonyl (C=O) groups excluding carboxylic acids is 2. The number of ether oxygens (including phenoxy) is 2. The maximum absolute atomic E-state index is 13.1. The van der Waals surface area contributed by atoms with Gasteiger partial charge in [0.1, 0.15) is 5.82 Å². The Morgan fingerprint density at radius 3 is 2.29 bits per heavy atom. The standard InChI is InChI=1S/C25H25FN4O4/c1-17(31)19-5-9-22(23(15-19)33-2)34-16-25(32)30-13-11-29(12-14-30)24-10-8-21(27-28-24)18-3-6-20(26)7-4-18/h3-10,15H,11-14,16H2,1-2H3. The SMILES string of the molecule is COc1cc(C(C)=O)ccc1OCC(=O)N1CCN(c2ccc(-c3ccc(F)cc3)nn2)CC1. The Morgan fingerprint density at radius 2 is 1.68 bits per heavy atom. The molecule has 0 saturated carbocycles. The molecular weight excluding hydrogens is 439 g/mol. The van der Waals surface area contributed by atoms with E-state index in [9.17, 15) is 14.0 Å². The van der Waals surface area contributed by atoms with Gasteiger partial charge in [0, 0.05) is 37.3 Å². The highest BCUT2D eigenvalue weighted by Crippen LogP contribution is 2.28. The van der Waals surface area contributed by atoms with Gasteiger partial charge in [0.25, 0.3) is 5.91 Å². The molecule has 0 radical (unpaired) electrons. The number of carbonyl (C=O) groups is 2. The molecule has 34 heavy (non-hydrogen) atoms. The van der Waals surface area contributed by atoms with Crippen LogP contribution in [-0.2, 0) is 4.79 Å². The van der Waals surface area contributed by atoms with Crippen LogP contribution in [0.15, 0.2) is 54.6 Å². The highest BCUT2D eigenvalue weighted by molar-refractivity contribution is 5.94. The van der Waals surface area contributed by atoms with E-state index in [1.807, 2.05) is 12.1 Å². The zero-order chi connectivity index (χ0) is 24.1. The van der Waals surface area contributed by atoms with Gasteiger partial charge in [0.05, 0.1) is 12.8 Å². The molecule has 4 rings (SSSR count). The predicted octanol–water partition coefficient (Wildman–Crippen LogP) is 3.22. The van der Waals surface area contributed by atoms with Gasteiger partial charge in [-0.05, 0) is 61.5 Å². The summed E-state index contributed by atoms with van der Waals surface area (Å²) in [5.74, 6) is 1.05. The number of rotatable bonds is 7. The third-order valence-electron chi connectivity index (χ3n) is 5.67. The number of amides is 1. The van der Waals surface area contributed by atoms with E-state index in [4.69, 9.17) is 9.47 Å². The molecule has 1 fully saturated rings. The second kappa shape index (κ2) is 10.3. The number of ketones is 1. The fourth-order valence-corrected chi connectivity index (χ4v) is 3.69. The van der Waals surface area contributed by atoms with Crippen molar-refractivity contribution in [2.45, 2.75) is 6.92 Å². The monoisotopic (exact) mass is 464 g/mol. The molecule has 0 atom stereocenters. The normalized spacial score (nSPS) is 13.5. The lowest BCUT2D eigenvalue weighted by Gasteiger charge is -2.35. The second-order valence-electron chi connectivity index (χ2n) is 7.86. The van der Waals surface area contributed by atoms with E-state index in [0.29, 0.717) is 48.9 Å². The molecule has 0 N–H and O–H groups in total. The Labute approximate surface area is 196 Å². The number of hydrogen-bond acceptors (Lipinski definition) is 7. The van der Waals surface area contributed by atoms with Crippen molar-refractivity contribution in [3.63, 3.8) is 0 Å². The van der Waals surface area contributed by atoms with Crippen LogP contribution >= 0.6 is 0 Å². The molecule has 0 bridgehead atoms. The number of piperazine rings is 1. The number of anilines is 1. The van der Waals surface area contributed by atoms with E-state index in [-0.39, 0.29) is 24.1 Å². The van der Waals surface area contributed by atoms with Crippen molar-refractivity contribution in [2.75, 3.05) is 44.8 Å². The van der Waals surface area contributed by atoms with Crippen molar-refractivity contribution in [1.29, 1.82) is 0 Å².